The summed E-state index contributed by atoms with van der Waals surface area (Å²) in [6.07, 6.45) is 0. The van der Waals surface area contributed by atoms with Crippen LogP contribution in [0.5, 0.6) is 0 Å². The van der Waals surface area contributed by atoms with Gasteiger partial charge in [-0.15, -0.1) is 0 Å². The number of amides is 1. The van der Waals surface area contributed by atoms with Crippen molar-refractivity contribution in [1.29, 1.82) is 0 Å². The first-order valence-electron chi connectivity index (χ1n) is 4.72. The molecule has 0 aromatic rings. The molecule has 0 unspecified atom stereocenters. The lowest BCUT2D eigenvalue weighted by Gasteiger charge is -2.05. The van der Waals surface area contributed by atoms with E-state index in [1.54, 1.807) is 0 Å². The summed E-state index contributed by atoms with van der Waals surface area (Å²) in [5, 5.41) is 15.2. The van der Waals surface area contributed by atoms with Crippen LogP contribution in [0.15, 0.2) is 12.2 Å². The van der Waals surface area contributed by atoms with E-state index in [0.29, 0.717) is 18.1 Å². The molecule has 0 aliphatic carbocycles. The molecule has 0 saturated carbocycles. The van der Waals surface area contributed by atoms with Crippen molar-refractivity contribution in [3.8, 4) is 0 Å². The Hall–Kier alpha value is -0.910. The Morgan fingerprint density at radius 1 is 1.40 bits per heavy atom. The number of ether oxygens (including phenoxy) is 1. The van der Waals surface area contributed by atoms with Crippen LogP contribution in [0.25, 0.3) is 0 Å². The highest BCUT2D eigenvalue weighted by Gasteiger charge is 2.01. The highest BCUT2D eigenvalue weighted by atomic mass is 16.5. The van der Waals surface area contributed by atoms with Crippen LogP contribution in [-0.4, -0.2) is 42.5 Å². The van der Waals surface area contributed by atoms with Gasteiger partial charge in [-0.25, -0.2) is 0 Å². The summed E-state index contributed by atoms with van der Waals surface area (Å²) in [6, 6.07) is 0. The Morgan fingerprint density at radius 2 is 1.87 bits per heavy atom. The molecule has 90 valence electrons. The molecule has 0 aliphatic rings. The van der Waals surface area contributed by atoms with Gasteiger partial charge in [0.1, 0.15) is 0 Å². The summed E-state index contributed by atoms with van der Waals surface area (Å²) in [7, 11) is 0. The van der Waals surface area contributed by atoms with Crippen LogP contribution < -0.4 is 5.73 Å². The van der Waals surface area contributed by atoms with E-state index in [1.165, 1.54) is 0 Å². The maximum atomic E-state index is 10.4. The minimum absolute atomic E-state index is 0.125. The van der Waals surface area contributed by atoms with Crippen molar-refractivity contribution < 1.29 is 19.7 Å². The van der Waals surface area contributed by atoms with E-state index in [4.69, 9.17) is 20.7 Å². The van der Waals surface area contributed by atoms with Gasteiger partial charge >= 0.3 is 0 Å². The van der Waals surface area contributed by atoms with E-state index < -0.39 is 5.91 Å². The van der Waals surface area contributed by atoms with E-state index in [2.05, 4.69) is 6.58 Å². The average Bonchev–Trinajstić information content (AvgIpc) is 2.17. The summed E-state index contributed by atoms with van der Waals surface area (Å²) in [4.78, 5) is 10.4. The molecular weight excluding hydrogens is 198 g/mol. The fourth-order valence-electron chi connectivity index (χ4n) is 0.489. The van der Waals surface area contributed by atoms with E-state index in [9.17, 15) is 4.79 Å². The molecule has 0 radical (unpaired) electrons. The van der Waals surface area contributed by atoms with Crippen LogP contribution in [-0.2, 0) is 9.53 Å². The lowest BCUT2D eigenvalue weighted by molar-refractivity contribution is -0.115. The molecule has 0 rings (SSSR count). The molecule has 15 heavy (non-hydrogen) atoms. The molecule has 5 nitrogen and oxygen atoms in total. The number of carbonyl (C=O) groups is 1. The zero-order valence-electron chi connectivity index (χ0n) is 9.40. The number of aliphatic hydroxyl groups excluding tert-OH is 2. The molecule has 0 aromatic heterocycles. The van der Waals surface area contributed by atoms with Crippen LogP contribution in [0, 0.1) is 5.92 Å². The minimum atomic E-state index is -0.492. The minimum Gasteiger partial charge on any atom is -0.394 e. The molecular formula is C10H21NO4. The van der Waals surface area contributed by atoms with Crippen LogP contribution in [0.3, 0.4) is 0 Å². The Labute approximate surface area is 90.5 Å². The summed E-state index contributed by atoms with van der Waals surface area (Å²) in [5.74, 6) is -0.0237. The fourth-order valence-corrected chi connectivity index (χ4v) is 0.489. The summed E-state index contributed by atoms with van der Waals surface area (Å²) in [5.41, 5.74) is 5.26. The number of carbonyl (C=O) groups excluding carboxylic acids is 1. The van der Waals surface area contributed by atoms with Gasteiger partial charge in [0.15, 0.2) is 0 Å². The quantitative estimate of drug-likeness (QED) is 0.533. The lowest BCUT2D eigenvalue weighted by atomic mass is 10.2. The van der Waals surface area contributed by atoms with Crippen LogP contribution in [0.2, 0.25) is 0 Å². The van der Waals surface area contributed by atoms with Gasteiger partial charge in [0, 0.05) is 12.2 Å². The SMILES string of the molecule is C=C(COCC(C)C)C(N)=O.OCCO. The summed E-state index contributed by atoms with van der Waals surface area (Å²) >= 11 is 0. The topological polar surface area (TPSA) is 92.8 Å². The first kappa shape index (κ1) is 16.5. The lowest BCUT2D eigenvalue weighted by Crippen LogP contribution is -2.17. The Morgan fingerprint density at radius 3 is 2.13 bits per heavy atom. The fraction of sp³-hybridized carbons (Fsp3) is 0.700. The van der Waals surface area contributed by atoms with Gasteiger partial charge in [0.05, 0.1) is 19.8 Å². The molecule has 0 saturated heterocycles. The molecule has 1 amide bonds. The summed E-state index contributed by atoms with van der Waals surface area (Å²) < 4.78 is 5.12. The monoisotopic (exact) mass is 219 g/mol. The normalized spacial score (nSPS) is 9.40. The molecule has 0 atom stereocenters. The van der Waals surface area contributed by atoms with Gasteiger partial charge in [-0.05, 0) is 5.92 Å². The zero-order valence-corrected chi connectivity index (χ0v) is 9.40. The molecule has 0 fully saturated rings. The maximum Gasteiger partial charge on any atom is 0.246 e. The molecule has 0 spiro atoms. The summed E-state index contributed by atoms with van der Waals surface area (Å²) in [6.45, 7) is 8.15. The molecule has 4 N–H and O–H groups in total. The third-order valence-electron chi connectivity index (χ3n) is 1.18. The highest BCUT2D eigenvalue weighted by molar-refractivity contribution is 5.91. The molecule has 0 bridgehead atoms. The second-order valence-corrected chi connectivity index (χ2v) is 3.32. The zero-order chi connectivity index (χ0) is 12.3. The van der Waals surface area contributed by atoms with Crippen LogP contribution in [0.4, 0.5) is 0 Å². The largest absolute Gasteiger partial charge is 0.394 e. The average molecular weight is 219 g/mol. The van der Waals surface area contributed by atoms with Gasteiger partial charge in [0.25, 0.3) is 0 Å². The first-order valence-corrected chi connectivity index (χ1v) is 4.72. The standard InChI is InChI=1S/C8H15NO2.C2H6O2/c1-6(2)4-11-5-7(3)8(9)10;3-1-2-4/h6H,3-5H2,1-2H3,(H2,9,10);3-4H,1-2H2. The molecule has 0 aliphatic heterocycles. The molecule has 5 heteroatoms. The van der Waals surface area contributed by atoms with Gasteiger partial charge < -0.3 is 20.7 Å². The van der Waals surface area contributed by atoms with Crippen molar-refractivity contribution in [3.05, 3.63) is 12.2 Å². The number of primary amides is 1. The Balaban J connectivity index is 0. The number of rotatable bonds is 6. The van der Waals surface area contributed by atoms with E-state index >= 15 is 0 Å². The number of aliphatic hydroxyl groups is 2. The van der Waals surface area contributed by atoms with E-state index in [-0.39, 0.29) is 19.8 Å². The predicted octanol–water partition coefficient (Wildman–Crippen LogP) is -0.328. The third kappa shape index (κ3) is 15.8. The van der Waals surface area contributed by atoms with Gasteiger partial charge in [-0.3, -0.25) is 4.79 Å². The van der Waals surface area contributed by atoms with Crippen molar-refractivity contribution in [2.45, 2.75) is 13.8 Å². The van der Waals surface area contributed by atoms with Gasteiger partial charge in [-0.1, -0.05) is 20.4 Å². The molecule has 0 heterocycles. The third-order valence-corrected chi connectivity index (χ3v) is 1.18. The van der Waals surface area contributed by atoms with Crippen LogP contribution >= 0.6 is 0 Å². The number of hydrogen-bond donors (Lipinski definition) is 3. The second-order valence-electron chi connectivity index (χ2n) is 3.32. The van der Waals surface area contributed by atoms with E-state index in [1.807, 2.05) is 13.8 Å². The van der Waals surface area contributed by atoms with Crippen molar-refractivity contribution in [2.24, 2.45) is 11.7 Å². The Bertz CT molecular complexity index is 178. The predicted molar refractivity (Wildman–Crippen MR) is 58.2 cm³/mol. The van der Waals surface area contributed by atoms with Crippen molar-refractivity contribution in [3.63, 3.8) is 0 Å². The Kier molecular flexibility index (Phi) is 12.3. The van der Waals surface area contributed by atoms with Crippen LogP contribution in [0.1, 0.15) is 13.8 Å². The smallest absolute Gasteiger partial charge is 0.246 e. The van der Waals surface area contributed by atoms with Crippen molar-refractivity contribution in [1.82, 2.24) is 0 Å². The molecule has 0 aromatic carbocycles. The van der Waals surface area contributed by atoms with Crippen molar-refractivity contribution >= 4 is 5.91 Å². The second kappa shape index (κ2) is 11.2. The van der Waals surface area contributed by atoms with Gasteiger partial charge in [-0.2, -0.15) is 0 Å². The first-order chi connectivity index (χ1) is 6.95. The highest BCUT2D eigenvalue weighted by Crippen LogP contribution is 1.95. The number of nitrogens with two attached hydrogens (primary N) is 1. The van der Waals surface area contributed by atoms with Crippen molar-refractivity contribution in [2.75, 3.05) is 26.4 Å². The number of hydrogen-bond acceptors (Lipinski definition) is 4. The van der Waals surface area contributed by atoms with E-state index in [0.717, 1.165) is 0 Å². The van der Waals surface area contributed by atoms with Gasteiger partial charge in [0.2, 0.25) is 5.91 Å². The maximum absolute atomic E-state index is 10.4.